The summed E-state index contributed by atoms with van der Waals surface area (Å²) in [6.45, 7) is 5.88. The number of alkyl halides is 1. The molecule has 1 N–H and O–H groups in total. The summed E-state index contributed by atoms with van der Waals surface area (Å²) in [5.74, 6) is 0. The van der Waals surface area contributed by atoms with Gasteiger partial charge in [0.1, 0.15) is 5.00 Å². The van der Waals surface area contributed by atoms with Gasteiger partial charge in [0, 0.05) is 10.2 Å². The maximum absolute atomic E-state index is 6.07. The molecule has 0 aromatic carbocycles. The van der Waals surface area contributed by atoms with Crippen LogP contribution >= 0.6 is 11.6 Å². The zero-order chi connectivity index (χ0) is 7.49. The van der Waals surface area contributed by atoms with Crippen LogP contribution in [-0.2, 0) is 0 Å². The molecule has 0 saturated carbocycles. The van der Waals surface area contributed by atoms with Crippen molar-refractivity contribution in [2.75, 3.05) is 7.05 Å². The molecule has 0 amide bonds. The van der Waals surface area contributed by atoms with Crippen LogP contribution in [0.1, 0.15) is 13.3 Å². The largest absolute Gasteiger partial charge is 0.299 e. The van der Waals surface area contributed by atoms with Crippen molar-refractivity contribution in [3.05, 3.63) is 11.8 Å². The third-order valence-corrected chi connectivity index (χ3v) is 3.51. The molecule has 9 heavy (non-hydrogen) atoms. The molecule has 0 saturated heterocycles. The van der Waals surface area contributed by atoms with Gasteiger partial charge in [0.25, 0.3) is 0 Å². The van der Waals surface area contributed by atoms with Crippen molar-refractivity contribution in [3.8, 4) is 0 Å². The van der Waals surface area contributed by atoms with Gasteiger partial charge in [-0.3, -0.25) is 5.32 Å². The summed E-state index contributed by atoms with van der Waals surface area (Å²) in [7, 11) is 2.82. The molecule has 0 aromatic heterocycles. The van der Waals surface area contributed by atoms with Crippen molar-refractivity contribution in [3.63, 3.8) is 0 Å². The topological polar surface area (TPSA) is 12.0 Å². The highest BCUT2D eigenvalue weighted by atomic mass is 35.5. The molecule has 0 aromatic rings. The Morgan fingerprint density at radius 3 is 2.33 bits per heavy atom. The van der Waals surface area contributed by atoms with Crippen LogP contribution in [0.3, 0.4) is 0 Å². The molecule has 0 bridgehead atoms. The highest BCUT2D eigenvalue weighted by Gasteiger charge is 2.21. The minimum atomic E-state index is -0.327. The highest BCUT2D eigenvalue weighted by Crippen LogP contribution is 2.20. The van der Waals surface area contributed by atoms with Gasteiger partial charge in [-0.05, 0) is 13.5 Å². The van der Waals surface area contributed by atoms with Gasteiger partial charge in [0.15, 0.2) is 0 Å². The summed E-state index contributed by atoms with van der Waals surface area (Å²) in [6.07, 6.45) is 0.896. The maximum Gasteiger partial charge on any atom is 0.110 e. The second-order valence-corrected chi connectivity index (χ2v) is 4.04. The SMILES string of the molecule is C=C([SiH3])C(Cl)(CC)NC. The Bertz CT molecular complexity index is 110. The van der Waals surface area contributed by atoms with Crippen molar-refractivity contribution in [2.24, 2.45) is 0 Å². The molecular weight excluding hydrogens is 150 g/mol. The fourth-order valence-corrected chi connectivity index (χ4v) is 1.30. The zero-order valence-corrected chi connectivity index (χ0v) is 9.05. The predicted molar refractivity (Wildman–Crippen MR) is 47.0 cm³/mol. The quantitative estimate of drug-likeness (QED) is 0.362. The minimum absolute atomic E-state index is 0.327. The molecule has 0 aliphatic carbocycles. The lowest BCUT2D eigenvalue weighted by atomic mass is 10.2. The lowest BCUT2D eigenvalue weighted by Gasteiger charge is -2.25. The Balaban J connectivity index is 4.09. The van der Waals surface area contributed by atoms with Gasteiger partial charge in [-0.25, -0.2) is 0 Å². The van der Waals surface area contributed by atoms with Crippen LogP contribution in [0.4, 0.5) is 0 Å². The fourth-order valence-electron chi connectivity index (χ4n) is 0.692. The summed E-state index contributed by atoms with van der Waals surface area (Å²) in [4.78, 5) is -0.327. The van der Waals surface area contributed by atoms with Crippen LogP contribution in [0.2, 0.25) is 0 Å². The smallest absolute Gasteiger partial charge is 0.110 e. The molecule has 1 nitrogen and oxygen atoms in total. The maximum atomic E-state index is 6.07. The molecule has 1 atom stereocenters. The molecule has 54 valence electrons. The van der Waals surface area contributed by atoms with Gasteiger partial charge >= 0.3 is 0 Å². The van der Waals surface area contributed by atoms with Crippen molar-refractivity contribution >= 4 is 21.8 Å². The van der Waals surface area contributed by atoms with E-state index in [4.69, 9.17) is 11.6 Å². The first kappa shape index (κ1) is 9.21. The molecular formula is C6H14ClNSi. The van der Waals surface area contributed by atoms with E-state index in [0.29, 0.717) is 0 Å². The van der Waals surface area contributed by atoms with Crippen LogP contribution in [0.5, 0.6) is 0 Å². The van der Waals surface area contributed by atoms with Crippen molar-refractivity contribution in [2.45, 2.75) is 18.3 Å². The molecule has 0 rings (SSSR count). The van der Waals surface area contributed by atoms with Gasteiger partial charge in [0.05, 0.1) is 0 Å². The van der Waals surface area contributed by atoms with Gasteiger partial charge < -0.3 is 0 Å². The summed E-state index contributed by atoms with van der Waals surface area (Å²) in [5.41, 5.74) is 0. The summed E-state index contributed by atoms with van der Waals surface area (Å²) < 4.78 is 0. The van der Waals surface area contributed by atoms with Gasteiger partial charge in [-0.1, -0.05) is 23.7 Å². The lowest BCUT2D eigenvalue weighted by molar-refractivity contribution is 0.573. The average molecular weight is 164 g/mol. The lowest BCUT2D eigenvalue weighted by Crippen LogP contribution is -2.38. The first-order valence-corrected chi connectivity index (χ1v) is 4.48. The second kappa shape index (κ2) is 3.39. The Morgan fingerprint density at radius 2 is 2.33 bits per heavy atom. The zero-order valence-electron chi connectivity index (χ0n) is 6.29. The number of likely N-dealkylation sites (N-methyl/N-ethyl adjacent to an activating group) is 1. The van der Waals surface area contributed by atoms with Crippen LogP contribution in [0.25, 0.3) is 0 Å². The second-order valence-electron chi connectivity index (χ2n) is 2.19. The monoisotopic (exact) mass is 163 g/mol. The van der Waals surface area contributed by atoms with E-state index in [1.807, 2.05) is 14.0 Å². The molecule has 0 fully saturated rings. The van der Waals surface area contributed by atoms with Crippen molar-refractivity contribution in [1.29, 1.82) is 0 Å². The Morgan fingerprint density at radius 1 is 1.89 bits per heavy atom. The van der Waals surface area contributed by atoms with E-state index in [0.717, 1.165) is 21.9 Å². The van der Waals surface area contributed by atoms with E-state index in [2.05, 4.69) is 11.9 Å². The molecule has 0 aliphatic rings. The number of rotatable bonds is 3. The average Bonchev–Trinajstić information content (AvgIpc) is 1.86. The minimum Gasteiger partial charge on any atom is -0.299 e. The van der Waals surface area contributed by atoms with Crippen LogP contribution in [-0.4, -0.2) is 22.3 Å². The summed E-state index contributed by atoms with van der Waals surface area (Å²) in [5, 5.41) is 4.13. The van der Waals surface area contributed by atoms with Gasteiger partial charge in [-0.15, -0.1) is 6.58 Å². The molecule has 1 unspecified atom stereocenters. The molecule has 0 heterocycles. The Labute approximate surface area is 64.9 Å². The third-order valence-electron chi connectivity index (χ3n) is 1.56. The fraction of sp³-hybridized carbons (Fsp3) is 0.667. The standard InChI is InChI=1S/C6H14ClNSi/c1-4-6(7,8-3)5(2)9/h8H,2,4H2,1,3,9H3. The van der Waals surface area contributed by atoms with E-state index < -0.39 is 0 Å². The molecule has 0 spiro atoms. The van der Waals surface area contributed by atoms with E-state index in [1.54, 1.807) is 0 Å². The first-order chi connectivity index (χ1) is 4.06. The first-order valence-electron chi connectivity index (χ1n) is 3.10. The number of nitrogens with one attached hydrogen (secondary N) is 1. The highest BCUT2D eigenvalue weighted by molar-refractivity contribution is 6.35. The number of hydrogen-bond acceptors (Lipinski definition) is 1. The van der Waals surface area contributed by atoms with Gasteiger partial charge in [0.2, 0.25) is 0 Å². The molecule has 0 radical (unpaired) electrons. The molecule has 0 aliphatic heterocycles. The van der Waals surface area contributed by atoms with Crippen molar-refractivity contribution < 1.29 is 0 Å². The summed E-state index contributed by atoms with van der Waals surface area (Å²) in [6, 6.07) is 0. The van der Waals surface area contributed by atoms with Crippen LogP contribution in [0.15, 0.2) is 11.8 Å². The normalized spacial score (nSPS) is 17.2. The van der Waals surface area contributed by atoms with Crippen LogP contribution < -0.4 is 5.32 Å². The Kier molecular flexibility index (Phi) is 3.47. The van der Waals surface area contributed by atoms with E-state index in [1.165, 1.54) is 0 Å². The number of halogens is 1. The number of hydrogen-bond donors (Lipinski definition) is 1. The van der Waals surface area contributed by atoms with E-state index in [-0.39, 0.29) is 5.00 Å². The summed E-state index contributed by atoms with van der Waals surface area (Å²) >= 11 is 6.07. The Hall–Kier alpha value is 0.207. The molecule has 3 heteroatoms. The van der Waals surface area contributed by atoms with E-state index >= 15 is 0 Å². The van der Waals surface area contributed by atoms with Gasteiger partial charge in [-0.2, -0.15) is 0 Å². The van der Waals surface area contributed by atoms with E-state index in [9.17, 15) is 0 Å². The predicted octanol–water partition coefficient (Wildman–Crippen LogP) is 0.430. The van der Waals surface area contributed by atoms with Crippen molar-refractivity contribution in [1.82, 2.24) is 5.32 Å². The third kappa shape index (κ3) is 2.12. The van der Waals surface area contributed by atoms with Crippen LogP contribution in [0, 0.1) is 0 Å².